The van der Waals surface area contributed by atoms with Crippen LogP contribution in [0.25, 0.3) is 0 Å². The van der Waals surface area contributed by atoms with Gasteiger partial charge in [-0.05, 0) is 6.92 Å². The van der Waals surface area contributed by atoms with Gasteiger partial charge in [-0.15, -0.1) is 0 Å². The van der Waals surface area contributed by atoms with Crippen LogP contribution < -0.4 is 10.0 Å². The molecule has 0 saturated carbocycles. The van der Waals surface area contributed by atoms with Crippen molar-refractivity contribution in [2.75, 3.05) is 16.6 Å². The second-order valence-electron chi connectivity index (χ2n) is 3.61. The third kappa shape index (κ3) is 2.88. The average Bonchev–Trinajstić information content (AvgIpc) is 2.98. The monoisotopic (exact) mass is 317 g/mol. The topological polar surface area (TPSA) is 130 Å². The van der Waals surface area contributed by atoms with E-state index in [0.29, 0.717) is 6.54 Å². The SMILES string of the molecule is CCNc1sc(S(=O)(=O)Nc2ncc[nH]2)cc1[N+](=O)[O-]. The molecule has 0 spiro atoms. The number of H-pyrrole nitrogens is 1. The molecule has 9 nitrogen and oxygen atoms in total. The van der Waals surface area contributed by atoms with E-state index >= 15 is 0 Å². The molecule has 0 aliphatic heterocycles. The molecule has 0 amide bonds. The highest BCUT2D eigenvalue weighted by Crippen LogP contribution is 2.37. The van der Waals surface area contributed by atoms with Crippen molar-refractivity contribution in [3.05, 3.63) is 28.6 Å². The summed E-state index contributed by atoms with van der Waals surface area (Å²) in [6, 6.07) is 1.02. The van der Waals surface area contributed by atoms with E-state index in [9.17, 15) is 18.5 Å². The predicted octanol–water partition coefficient (Wildman–Crippen LogP) is 1.61. The van der Waals surface area contributed by atoms with E-state index in [4.69, 9.17) is 0 Å². The highest BCUT2D eigenvalue weighted by Gasteiger charge is 2.26. The highest BCUT2D eigenvalue weighted by atomic mass is 32.2. The van der Waals surface area contributed by atoms with Crippen molar-refractivity contribution in [1.29, 1.82) is 0 Å². The van der Waals surface area contributed by atoms with Gasteiger partial charge in [-0.2, -0.15) is 0 Å². The molecule has 0 radical (unpaired) electrons. The van der Waals surface area contributed by atoms with Crippen LogP contribution in [0.4, 0.5) is 16.6 Å². The second kappa shape index (κ2) is 5.46. The summed E-state index contributed by atoms with van der Waals surface area (Å²) in [6.07, 6.45) is 2.84. The van der Waals surface area contributed by atoms with E-state index in [1.807, 2.05) is 0 Å². The Morgan fingerprint density at radius 3 is 2.85 bits per heavy atom. The van der Waals surface area contributed by atoms with Crippen LogP contribution in [0.5, 0.6) is 0 Å². The number of thiophene rings is 1. The molecular weight excluding hydrogens is 306 g/mol. The molecule has 2 heterocycles. The lowest BCUT2D eigenvalue weighted by Gasteiger charge is -2.01. The number of nitro groups is 1. The number of rotatable bonds is 6. The first-order chi connectivity index (χ1) is 9.44. The maximum atomic E-state index is 12.1. The van der Waals surface area contributed by atoms with Gasteiger partial charge in [0.2, 0.25) is 5.95 Å². The summed E-state index contributed by atoms with van der Waals surface area (Å²) in [5, 5.41) is 13.9. The number of sulfonamides is 1. The third-order valence-electron chi connectivity index (χ3n) is 2.22. The molecule has 0 unspecified atom stereocenters. The predicted molar refractivity (Wildman–Crippen MR) is 74.5 cm³/mol. The van der Waals surface area contributed by atoms with E-state index in [0.717, 1.165) is 17.4 Å². The summed E-state index contributed by atoms with van der Waals surface area (Å²) in [5.74, 6) is 0.0473. The Bertz CT molecular complexity index is 707. The first kappa shape index (κ1) is 14.3. The molecule has 108 valence electrons. The zero-order valence-electron chi connectivity index (χ0n) is 10.3. The number of hydrogen-bond acceptors (Lipinski definition) is 7. The molecule has 2 aromatic heterocycles. The fraction of sp³-hybridized carbons (Fsp3) is 0.222. The lowest BCUT2D eigenvalue weighted by molar-refractivity contribution is -0.383. The van der Waals surface area contributed by atoms with E-state index in [-0.39, 0.29) is 20.8 Å². The van der Waals surface area contributed by atoms with E-state index in [1.54, 1.807) is 6.92 Å². The molecule has 0 aliphatic rings. The van der Waals surface area contributed by atoms with E-state index in [1.165, 1.54) is 12.4 Å². The summed E-state index contributed by atoms with van der Waals surface area (Å²) >= 11 is 0.796. The Labute approximate surface area is 118 Å². The van der Waals surface area contributed by atoms with Gasteiger partial charge >= 0.3 is 5.69 Å². The number of hydrogen-bond donors (Lipinski definition) is 3. The van der Waals surface area contributed by atoms with Crippen LogP contribution in [0.2, 0.25) is 0 Å². The van der Waals surface area contributed by atoms with Gasteiger partial charge in [-0.3, -0.25) is 10.1 Å². The second-order valence-corrected chi connectivity index (χ2v) is 6.57. The smallest absolute Gasteiger partial charge is 0.304 e. The third-order valence-corrected chi connectivity index (χ3v) is 5.11. The van der Waals surface area contributed by atoms with Crippen molar-refractivity contribution in [2.45, 2.75) is 11.1 Å². The summed E-state index contributed by atoms with van der Waals surface area (Å²) in [6.45, 7) is 2.21. The molecule has 0 aromatic carbocycles. The molecule has 0 fully saturated rings. The van der Waals surface area contributed by atoms with Crippen molar-refractivity contribution in [3.63, 3.8) is 0 Å². The van der Waals surface area contributed by atoms with Crippen LogP contribution >= 0.6 is 11.3 Å². The maximum absolute atomic E-state index is 12.1. The van der Waals surface area contributed by atoms with Crippen LogP contribution in [-0.4, -0.2) is 29.9 Å². The summed E-state index contributed by atoms with van der Waals surface area (Å²) in [5.41, 5.74) is -0.267. The molecule has 2 rings (SSSR count). The Hall–Kier alpha value is -2.14. The van der Waals surface area contributed by atoms with Gasteiger partial charge in [0.1, 0.15) is 4.21 Å². The fourth-order valence-corrected chi connectivity index (χ4v) is 3.79. The van der Waals surface area contributed by atoms with Gasteiger partial charge in [0, 0.05) is 25.0 Å². The molecule has 0 bridgehead atoms. The van der Waals surface area contributed by atoms with Gasteiger partial charge in [0.05, 0.1) is 4.92 Å². The standard InChI is InChI=1S/C9H11N5O4S2/c1-2-10-8-6(14(15)16)5-7(19-8)20(17,18)13-9-11-3-4-12-9/h3-5,10H,2H2,1H3,(H2,11,12,13). The summed E-state index contributed by atoms with van der Waals surface area (Å²) < 4.78 is 26.2. The van der Waals surface area contributed by atoms with Crippen LogP contribution in [0.1, 0.15) is 6.92 Å². The highest BCUT2D eigenvalue weighted by molar-refractivity contribution is 7.94. The lowest BCUT2D eigenvalue weighted by atomic mass is 10.5. The van der Waals surface area contributed by atoms with Gasteiger partial charge in [0.15, 0.2) is 5.00 Å². The largest absolute Gasteiger partial charge is 0.372 e. The molecule has 20 heavy (non-hydrogen) atoms. The molecule has 2 aromatic rings. The Morgan fingerprint density at radius 2 is 2.30 bits per heavy atom. The Balaban J connectivity index is 2.36. The lowest BCUT2D eigenvalue weighted by Crippen LogP contribution is -2.12. The van der Waals surface area contributed by atoms with Crippen molar-refractivity contribution in [3.8, 4) is 0 Å². The number of nitrogens with one attached hydrogen (secondary N) is 3. The number of imidazole rings is 1. The van der Waals surface area contributed by atoms with Gasteiger partial charge in [-0.1, -0.05) is 11.3 Å². The quantitative estimate of drug-likeness (QED) is 0.548. The minimum absolute atomic E-state index is 0.0473. The van der Waals surface area contributed by atoms with Crippen LogP contribution in [-0.2, 0) is 10.0 Å². The fourth-order valence-electron chi connectivity index (χ4n) is 1.41. The van der Waals surface area contributed by atoms with Gasteiger partial charge < -0.3 is 10.3 Å². The summed E-state index contributed by atoms with van der Waals surface area (Å²) in [4.78, 5) is 16.6. The molecular formula is C9H11N5O4S2. The van der Waals surface area contributed by atoms with E-state index in [2.05, 4.69) is 20.0 Å². The molecule has 0 aliphatic carbocycles. The Kier molecular flexibility index (Phi) is 3.90. The van der Waals surface area contributed by atoms with Crippen molar-refractivity contribution in [1.82, 2.24) is 9.97 Å². The van der Waals surface area contributed by atoms with Gasteiger partial charge in [0.25, 0.3) is 10.0 Å². The van der Waals surface area contributed by atoms with E-state index < -0.39 is 14.9 Å². The minimum Gasteiger partial charge on any atom is -0.372 e. The zero-order valence-corrected chi connectivity index (χ0v) is 11.9. The van der Waals surface area contributed by atoms with Crippen LogP contribution in [0.3, 0.4) is 0 Å². The number of nitrogens with zero attached hydrogens (tertiary/aromatic N) is 2. The Morgan fingerprint density at radius 1 is 1.55 bits per heavy atom. The molecule has 11 heteroatoms. The summed E-state index contributed by atoms with van der Waals surface area (Å²) in [7, 11) is -3.91. The molecule has 0 saturated heterocycles. The van der Waals surface area contributed by atoms with Crippen molar-refractivity contribution < 1.29 is 13.3 Å². The number of aromatic amines is 1. The number of anilines is 2. The minimum atomic E-state index is -3.91. The normalized spacial score (nSPS) is 11.2. The molecule has 3 N–H and O–H groups in total. The van der Waals surface area contributed by atoms with Crippen LogP contribution in [0.15, 0.2) is 22.7 Å². The van der Waals surface area contributed by atoms with Crippen molar-refractivity contribution >= 4 is 38.0 Å². The van der Waals surface area contributed by atoms with Gasteiger partial charge in [-0.25, -0.2) is 18.1 Å². The zero-order chi connectivity index (χ0) is 14.8. The first-order valence-electron chi connectivity index (χ1n) is 5.48. The average molecular weight is 317 g/mol. The van der Waals surface area contributed by atoms with Crippen LogP contribution in [0, 0.1) is 10.1 Å². The molecule has 0 atom stereocenters. The number of aromatic nitrogens is 2. The van der Waals surface area contributed by atoms with Crippen molar-refractivity contribution in [2.24, 2.45) is 0 Å². The maximum Gasteiger partial charge on any atom is 0.304 e. The first-order valence-corrected chi connectivity index (χ1v) is 7.78.